The Kier molecular flexibility index (Phi) is 8.64. The summed E-state index contributed by atoms with van der Waals surface area (Å²) in [5.74, 6) is -1.24. The molecule has 0 aromatic heterocycles. The van der Waals surface area contributed by atoms with Crippen molar-refractivity contribution in [2.45, 2.75) is 39.4 Å². The first-order valence-electron chi connectivity index (χ1n) is 10.3. The Morgan fingerprint density at radius 2 is 1.88 bits per heavy atom. The third-order valence-electron chi connectivity index (χ3n) is 4.85. The molecule has 1 atom stereocenters. The third-order valence-corrected chi connectivity index (χ3v) is 4.85. The van der Waals surface area contributed by atoms with Crippen LogP contribution in [0, 0.1) is 0 Å². The van der Waals surface area contributed by atoms with E-state index in [0.717, 1.165) is 6.07 Å². The van der Waals surface area contributed by atoms with Crippen LogP contribution in [0.4, 0.5) is 23.7 Å². The van der Waals surface area contributed by atoms with Crippen LogP contribution in [0.25, 0.3) is 0 Å². The summed E-state index contributed by atoms with van der Waals surface area (Å²) in [7, 11) is 0. The number of anilines is 1. The zero-order valence-corrected chi connectivity index (χ0v) is 18.1. The van der Waals surface area contributed by atoms with Gasteiger partial charge in [-0.2, -0.15) is 13.2 Å². The number of carbonyl (C=O) groups excluding carboxylic acids is 3. The van der Waals surface area contributed by atoms with Crippen LogP contribution in [-0.2, 0) is 20.5 Å². The molecule has 3 amide bonds. The number of benzene rings is 1. The number of halogens is 3. The second kappa shape index (κ2) is 11.0. The highest BCUT2D eigenvalue weighted by Crippen LogP contribution is 2.34. The minimum Gasteiger partial charge on any atom is -0.463 e. The molecule has 0 fully saturated rings. The molecule has 1 aliphatic rings. The molecular weight excluding hydrogens is 429 g/mol. The van der Waals surface area contributed by atoms with E-state index in [2.05, 4.69) is 16.0 Å². The predicted octanol–water partition coefficient (Wildman–Crippen LogP) is 2.87. The Hall–Kier alpha value is -3.08. The van der Waals surface area contributed by atoms with Gasteiger partial charge in [-0.15, -0.1) is 0 Å². The van der Waals surface area contributed by atoms with E-state index < -0.39 is 35.7 Å². The van der Waals surface area contributed by atoms with Crippen molar-refractivity contribution < 1.29 is 32.3 Å². The van der Waals surface area contributed by atoms with E-state index in [9.17, 15) is 27.6 Å². The van der Waals surface area contributed by atoms with Crippen LogP contribution >= 0.6 is 0 Å². The summed E-state index contributed by atoms with van der Waals surface area (Å²) < 4.78 is 44.6. The molecule has 1 aromatic carbocycles. The van der Waals surface area contributed by atoms with Gasteiger partial charge in [-0.3, -0.25) is 9.69 Å². The highest BCUT2D eigenvalue weighted by Gasteiger charge is 2.34. The number of rotatable bonds is 9. The molecule has 0 spiro atoms. The average molecular weight is 456 g/mol. The molecule has 1 unspecified atom stereocenters. The lowest BCUT2D eigenvalue weighted by Crippen LogP contribution is -2.52. The Balaban J connectivity index is 2.20. The summed E-state index contributed by atoms with van der Waals surface area (Å²) in [6.45, 7) is 5.49. The number of nitrogens with zero attached hydrogens (tertiary/aromatic N) is 1. The predicted molar refractivity (Wildman–Crippen MR) is 112 cm³/mol. The number of hydrogen-bond acceptors (Lipinski definition) is 5. The molecule has 1 aromatic rings. The first-order chi connectivity index (χ1) is 15.1. The molecule has 0 saturated carbocycles. The molecule has 0 radical (unpaired) electrons. The van der Waals surface area contributed by atoms with Gasteiger partial charge >= 0.3 is 18.2 Å². The van der Waals surface area contributed by atoms with E-state index in [1.54, 1.807) is 25.7 Å². The molecule has 0 aliphatic carbocycles. The quantitative estimate of drug-likeness (QED) is 0.497. The number of urea groups is 1. The number of likely N-dealkylation sites (N-methyl/N-ethyl adjacent to an activating group) is 1. The fraction of sp³-hybridized carbons (Fsp3) is 0.476. The van der Waals surface area contributed by atoms with Crippen molar-refractivity contribution in [2.75, 3.05) is 31.6 Å². The first-order valence-corrected chi connectivity index (χ1v) is 10.3. The first kappa shape index (κ1) is 25.2. The fourth-order valence-corrected chi connectivity index (χ4v) is 3.32. The monoisotopic (exact) mass is 456 g/mol. The molecule has 176 valence electrons. The maximum absolute atomic E-state index is 13.2. The van der Waals surface area contributed by atoms with Crippen LogP contribution in [-0.4, -0.2) is 55.1 Å². The Bertz CT molecular complexity index is 886. The molecule has 32 heavy (non-hydrogen) atoms. The molecule has 0 bridgehead atoms. The second-order valence-electron chi connectivity index (χ2n) is 7.07. The summed E-state index contributed by atoms with van der Waals surface area (Å²) >= 11 is 0. The molecule has 11 heteroatoms. The van der Waals surface area contributed by atoms with E-state index >= 15 is 0 Å². The topological polar surface area (TPSA) is 99.8 Å². The van der Waals surface area contributed by atoms with E-state index in [1.807, 2.05) is 0 Å². The van der Waals surface area contributed by atoms with Gasteiger partial charge < -0.3 is 20.7 Å². The highest BCUT2D eigenvalue weighted by molar-refractivity contribution is 5.95. The average Bonchev–Trinajstić information content (AvgIpc) is 2.72. The van der Waals surface area contributed by atoms with Crippen molar-refractivity contribution in [3.05, 3.63) is 41.1 Å². The molecular formula is C21H27F3N4O4. The van der Waals surface area contributed by atoms with Crippen molar-refractivity contribution in [1.29, 1.82) is 0 Å². The van der Waals surface area contributed by atoms with Crippen LogP contribution in [0.5, 0.6) is 0 Å². The SMILES string of the molecule is CCOC(=O)C1=C(CN(CC)CC(=O)Nc2ccccc2C(F)(F)F)NC(=O)NC1CC. The Labute approximate surface area is 184 Å². The van der Waals surface area contributed by atoms with Gasteiger partial charge in [0, 0.05) is 12.2 Å². The minimum absolute atomic E-state index is 0.0307. The van der Waals surface area contributed by atoms with Gasteiger partial charge in [0.05, 0.1) is 36.0 Å². The maximum atomic E-state index is 13.2. The summed E-state index contributed by atoms with van der Waals surface area (Å²) in [4.78, 5) is 38.6. The van der Waals surface area contributed by atoms with Crippen LogP contribution in [0.3, 0.4) is 0 Å². The van der Waals surface area contributed by atoms with E-state index in [4.69, 9.17) is 4.74 Å². The van der Waals surface area contributed by atoms with E-state index in [-0.39, 0.29) is 31.0 Å². The van der Waals surface area contributed by atoms with Gasteiger partial charge in [0.2, 0.25) is 5.91 Å². The van der Waals surface area contributed by atoms with Crippen molar-refractivity contribution in [3.63, 3.8) is 0 Å². The van der Waals surface area contributed by atoms with Gasteiger partial charge in [-0.25, -0.2) is 9.59 Å². The van der Waals surface area contributed by atoms with Gasteiger partial charge in [0.15, 0.2) is 0 Å². The Morgan fingerprint density at radius 1 is 1.19 bits per heavy atom. The maximum Gasteiger partial charge on any atom is 0.418 e. The molecule has 3 N–H and O–H groups in total. The number of alkyl halides is 3. The number of para-hydroxylation sites is 1. The van der Waals surface area contributed by atoms with E-state index in [0.29, 0.717) is 18.7 Å². The smallest absolute Gasteiger partial charge is 0.418 e. The standard InChI is InChI=1S/C21H27F3N4O4/c1-4-14-18(19(30)32-6-3)16(27-20(31)26-14)11-28(5-2)12-17(29)25-15-10-8-7-9-13(15)21(22,23)24/h7-10,14H,4-6,11-12H2,1-3H3,(H,25,29)(H2,26,27,31). The minimum atomic E-state index is -4.61. The van der Waals surface area contributed by atoms with Gasteiger partial charge in [0.25, 0.3) is 0 Å². The van der Waals surface area contributed by atoms with Gasteiger partial charge in [-0.05, 0) is 32.0 Å². The van der Waals surface area contributed by atoms with Crippen molar-refractivity contribution in [3.8, 4) is 0 Å². The third kappa shape index (κ3) is 6.46. The number of nitrogens with one attached hydrogen (secondary N) is 3. The molecule has 2 rings (SSSR count). The Morgan fingerprint density at radius 3 is 2.47 bits per heavy atom. The van der Waals surface area contributed by atoms with Gasteiger partial charge in [0.1, 0.15) is 0 Å². The lowest BCUT2D eigenvalue weighted by atomic mass is 10.00. The number of amides is 3. The van der Waals surface area contributed by atoms with Crippen molar-refractivity contribution in [1.82, 2.24) is 15.5 Å². The summed E-state index contributed by atoms with van der Waals surface area (Å²) in [6, 6.07) is 3.66. The number of ether oxygens (including phenoxy) is 1. The van der Waals surface area contributed by atoms with E-state index in [1.165, 1.54) is 18.2 Å². The van der Waals surface area contributed by atoms with Gasteiger partial charge in [-0.1, -0.05) is 26.0 Å². The summed E-state index contributed by atoms with van der Waals surface area (Å²) in [5.41, 5.74) is -0.728. The second-order valence-corrected chi connectivity index (χ2v) is 7.07. The molecule has 0 saturated heterocycles. The van der Waals surface area contributed by atoms with Crippen molar-refractivity contribution in [2.24, 2.45) is 0 Å². The highest BCUT2D eigenvalue weighted by atomic mass is 19.4. The van der Waals surface area contributed by atoms with Crippen LogP contribution in [0.2, 0.25) is 0 Å². The van der Waals surface area contributed by atoms with Crippen LogP contribution < -0.4 is 16.0 Å². The summed E-state index contributed by atoms with van der Waals surface area (Å²) in [6.07, 6.45) is -4.16. The normalized spacial score (nSPS) is 16.5. The number of carbonyl (C=O) groups is 3. The van der Waals surface area contributed by atoms with Crippen LogP contribution in [0.1, 0.15) is 32.8 Å². The zero-order valence-electron chi connectivity index (χ0n) is 18.1. The lowest BCUT2D eigenvalue weighted by Gasteiger charge is -2.31. The molecule has 1 aliphatic heterocycles. The molecule has 8 nitrogen and oxygen atoms in total. The molecule has 1 heterocycles. The number of hydrogen-bond donors (Lipinski definition) is 3. The number of esters is 1. The lowest BCUT2D eigenvalue weighted by molar-refractivity contribution is -0.139. The van der Waals surface area contributed by atoms with Crippen molar-refractivity contribution >= 4 is 23.6 Å². The fourth-order valence-electron chi connectivity index (χ4n) is 3.32. The largest absolute Gasteiger partial charge is 0.463 e. The summed E-state index contributed by atoms with van der Waals surface area (Å²) in [5, 5.41) is 7.54. The zero-order chi connectivity index (χ0) is 23.9. The van der Waals surface area contributed by atoms with Crippen LogP contribution in [0.15, 0.2) is 35.5 Å².